The van der Waals surface area contributed by atoms with Crippen molar-refractivity contribution in [3.05, 3.63) is 36.5 Å². The van der Waals surface area contributed by atoms with E-state index in [0.717, 1.165) is 83.5 Å². The van der Waals surface area contributed by atoms with Crippen LogP contribution in [0.25, 0.3) is 0 Å². The molecule has 2 atom stereocenters. The molecule has 1 amide bonds. The number of allylic oxidation sites excluding steroid dienone is 6. The standard InChI is InChI=1S/C58H109NO5/c1-3-5-7-9-11-13-15-17-19-24-28-32-36-40-44-48-52-58(63)64-53-49-45-41-37-33-29-25-22-20-21-23-27-31-35-39-43-47-51-57(62)59-55(54-60)56(61)50-46-42-38-34-30-26-18-16-14-12-10-8-6-4-2/h19-20,22,24,29,33,55-56,60-61H,3-18,21,23,25-28,30-32,34-54H2,1-2H3,(H,59,62)/b22-20-,24-19-,33-29-. The molecular weight excluding hydrogens is 791 g/mol. The van der Waals surface area contributed by atoms with Crippen molar-refractivity contribution in [2.45, 2.75) is 309 Å². The predicted molar refractivity (Wildman–Crippen MR) is 278 cm³/mol. The Labute approximate surface area is 398 Å². The van der Waals surface area contributed by atoms with Crippen LogP contribution < -0.4 is 5.32 Å². The summed E-state index contributed by atoms with van der Waals surface area (Å²) < 4.78 is 5.45. The highest BCUT2D eigenvalue weighted by Gasteiger charge is 2.20. The van der Waals surface area contributed by atoms with Gasteiger partial charge in [0.25, 0.3) is 0 Å². The molecule has 2 unspecified atom stereocenters. The number of carbonyl (C=O) groups excluding carboxylic acids is 2. The van der Waals surface area contributed by atoms with Crippen LogP contribution in [0.15, 0.2) is 36.5 Å². The second-order valence-corrected chi connectivity index (χ2v) is 19.3. The molecule has 376 valence electrons. The van der Waals surface area contributed by atoms with E-state index in [2.05, 4.69) is 55.6 Å². The van der Waals surface area contributed by atoms with Crippen LogP contribution in [0.5, 0.6) is 0 Å². The number of amides is 1. The second kappa shape index (κ2) is 53.7. The maximum atomic E-state index is 12.5. The van der Waals surface area contributed by atoms with E-state index in [1.807, 2.05) is 0 Å². The van der Waals surface area contributed by atoms with Gasteiger partial charge in [-0.25, -0.2) is 0 Å². The van der Waals surface area contributed by atoms with E-state index in [0.29, 0.717) is 25.9 Å². The molecule has 0 fully saturated rings. The number of nitrogens with one attached hydrogen (secondary N) is 1. The van der Waals surface area contributed by atoms with Gasteiger partial charge in [0.15, 0.2) is 0 Å². The zero-order valence-corrected chi connectivity index (χ0v) is 42.8. The van der Waals surface area contributed by atoms with Crippen molar-refractivity contribution in [3.63, 3.8) is 0 Å². The van der Waals surface area contributed by atoms with Crippen LogP contribution in [0, 0.1) is 0 Å². The van der Waals surface area contributed by atoms with E-state index in [1.54, 1.807) is 0 Å². The Bertz CT molecular complexity index is 1040. The maximum Gasteiger partial charge on any atom is 0.305 e. The first-order valence-corrected chi connectivity index (χ1v) is 28.2. The van der Waals surface area contributed by atoms with Crippen LogP contribution in [-0.2, 0) is 14.3 Å². The van der Waals surface area contributed by atoms with Crippen molar-refractivity contribution < 1.29 is 24.5 Å². The number of aliphatic hydroxyl groups is 2. The first-order valence-electron chi connectivity index (χ1n) is 28.2. The smallest absolute Gasteiger partial charge is 0.305 e. The SMILES string of the molecule is CCCCCCCCC/C=C\CCCCCCCC(=O)OCCCCC/C=C\C/C=C\CCCCCCCCCC(=O)NC(CO)C(O)CCCCCCCCCCCCCCCC. The summed E-state index contributed by atoms with van der Waals surface area (Å²) in [5.74, 6) is -0.0742. The summed E-state index contributed by atoms with van der Waals surface area (Å²) in [5, 5.41) is 23.2. The van der Waals surface area contributed by atoms with Crippen LogP contribution in [0.2, 0.25) is 0 Å². The topological polar surface area (TPSA) is 95.9 Å². The van der Waals surface area contributed by atoms with Gasteiger partial charge < -0.3 is 20.3 Å². The first kappa shape index (κ1) is 62.1. The molecule has 0 saturated carbocycles. The van der Waals surface area contributed by atoms with E-state index in [4.69, 9.17) is 4.74 Å². The Balaban J connectivity index is 3.50. The quantitative estimate of drug-likeness (QED) is 0.0321. The maximum absolute atomic E-state index is 12.5. The van der Waals surface area contributed by atoms with Crippen molar-refractivity contribution in [2.24, 2.45) is 0 Å². The molecule has 0 rings (SSSR count). The minimum atomic E-state index is -0.675. The van der Waals surface area contributed by atoms with E-state index in [9.17, 15) is 19.8 Å². The summed E-state index contributed by atoms with van der Waals surface area (Å²) in [6, 6.07) is -0.554. The van der Waals surface area contributed by atoms with Crippen LogP contribution in [0.4, 0.5) is 0 Å². The highest BCUT2D eigenvalue weighted by molar-refractivity contribution is 5.76. The molecule has 0 spiro atoms. The van der Waals surface area contributed by atoms with Crippen molar-refractivity contribution in [2.75, 3.05) is 13.2 Å². The fraction of sp³-hybridized carbons (Fsp3) is 0.862. The van der Waals surface area contributed by atoms with Crippen LogP contribution in [-0.4, -0.2) is 47.4 Å². The predicted octanol–water partition coefficient (Wildman–Crippen LogP) is 17.2. The van der Waals surface area contributed by atoms with Gasteiger partial charge >= 0.3 is 5.97 Å². The van der Waals surface area contributed by atoms with E-state index in [-0.39, 0.29) is 18.5 Å². The number of aliphatic hydroxyl groups excluding tert-OH is 2. The summed E-state index contributed by atoms with van der Waals surface area (Å²) >= 11 is 0. The van der Waals surface area contributed by atoms with Gasteiger partial charge in [-0.15, -0.1) is 0 Å². The van der Waals surface area contributed by atoms with Crippen LogP contribution in [0.1, 0.15) is 296 Å². The molecule has 0 aromatic carbocycles. The van der Waals surface area contributed by atoms with Gasteiger partial charge in [-0.1, -0.05) is 230 Å². The Morgan fingerprint density at radius 1 is 0.438 bits per heavy atom. The fourth-order valence-corrected chi connectivity index (χ4v) is 8.55. The van der Waals surface area contributed by atoms with Crippen molar-refractivity contribution >= 4 is 11.9 Å². The highest BCUT2D eigenvalue weighted by Crippen LogP contribution is 2.16. The van der Waals surface area contributed by atoms with Crippen LogP contribution in [0.3, 0.4) is 0 Å². The Morgan fingerprint density at radius 2 is 0.781 bits per heavy atom. The van der Waals surface area contributed by atoms with Gasteiger partial charge in [-0.2, -0.15) is 0 Å². The monoisotopic (exact) mass is 900 g/mol. The highest BCUT2D eigenvalue weighted by atomic mass is 16.5. The largest absolute Gasteiger partial charge is 0.466 e. The lowest BCUT2D eigenvalue weighted by Gasteiger charge is -2.22. The lowest BCUT2D eigenvalue weighted by molar-refractivity contribution is -0.143. The Hall–Kier alpha value is -1.92. The van der Waals surface area contributed by atoms with Crippen LogP contribution >= 0.6 is 0 Å². The Kier molecular flexibility index (Phi) is 52.1. The summed E-state index contributed by atoms with van der Waals surface area (Å²) in [4.78, 5) is 24.5. The number of hydrogen-bond acceptors (Lipinski definition) is 5. The molecule has 0 bridgehead atoms. The van der Waals surface area contributed by atoms with Gasteiger partial charge in [-0.3, -0.25) is 9.59 Å². The van der Waals surface area contributed by atoms with Crippen molar-refractivity contribution in [3.8, 4) is 0 Å². The van der Waals surface area contributed by atoms with Gasteiger partial charge in [0, 0.05) is 12.8 Å². The minimum absolute atomic E-state index is 0.0230. The molecule has 0 aliphatic rings. The number of rotatable bonds is 52. The summed E-state index contributed by atoms with van der Waals surface area (Å²) in [5.41, 5.74) is 0. The molecule has 0 aromatic heterocycles. The number of hydrogen-bond donors (Lipinski definition) is 3. The van der Waals surface area contributed by atoms with Gasteiger partial charge in [0.05, 0.1) is 25.4 Å². The number of carbonyl (C=O) groups is 2. The molecule has 0 radical (unpaired) electrons. The van der Waals surface area contributed by atoms with Crippen molar-refractivity contribution in [1.82, 2.24) is 5.32 Å². The zero-order valence-electron chi connectivity index (χ0n) is 42.8. The third-order valence-electron chi connectivity index (χ3n) is 12.9. The molecule has 0 aliphatic heterocycles. The fourth-order valence-electron chi connectivity index (χ4n) is 8.55. The summed E-state index contributed by atoms with van der Waals surface area (Å²) in [6.07, 6.45) is 65.6. The molecule has 6 nitrogen and oxygen atoms in total. The minimum Gasteiger partial charge on any atom is -0.466 e. The lowest BCUT2D eigenvalue weighted by atomic mass is 10.0. The molecule has 0 aromatic rings. The molecule has 0 aliphatic carbocycles. The molecular formula is C58H109NO5. The van der Waals surface area contributed by atoms with E-state index in [1.165, 1.54) is 180 Å². The first-order chi connectivity index (χ1) is 31.5. The third-order valence-corrected chi connectivity index (χ3v) is 12.9. The molecule has 0 heterocycles. The van der Waals surface area contributed by atoms with Crippen molar-refractivity contribution in [1.29, 1.82) is 0 Å². The average molecular weight is 901 g/mol. The third kappa shape index (κ3) is 49.5. The van der Waals surface area contributed by atoms with Gasteiger partial charge in [0.2, 0.25) is 5.91 Å². The Morgan fingerprint density at radius 3 is 1.20 bits per heavy atom. The van der Waals surface area contributed by atoms with E-state index >= 15 is 0 Å². The summed E-state index contributed by atoms with van der Waals surface area (Å²) in [7, 11) is 0. The number of ether oxygens (including phenoxy) is 1. The van der Waals surface area contributed by atoms with Gasteiger partial charge in [-0.05, 0) is 89.9 Å². The molecule has 0 saturated heterocycles. The van der Waals surface area contributed by atoms with Gasteiger partial charge in [0.1, 0.15) is 0 Å². The molecule has 64 heavy (non-hydrogen) atoms. The second-order valence-electron chi connectivity index (χ2n) is 19.3. The summed E-state index contributed by atoms with van der Waals surface area (Å²) in [6.45, 7) is 4.90. The van der Waals surface area contributed by atoms with E-state index < -0.39 is 12.1 Å². The number of unbranched alkanes of at least 4 members (excludes halogenated alkanes) is 35. The number of esters is 1. The molecule has 6 heteroatoms. The molecule has 3 N–H and O–H groups in total. The average Bonchev–Trinajstić information content (AvgIpc) is 3.29. The zero-order chi connectivity index (χ0) is 46.5. The normalized spacial score (nSPS) is 12.9. The lowest BCUT2D eigenvalue weighted by Crippen LogP contribution is -2.45.